The van der Waals surface area contributed by atoms with E-state index in [0.717, 1.165) is 21.8 Å². The number of benzene rings is 2. The van der Waals surface area contributed by atoms with Crippen molar-refractivity contribution in [1.82, 2.24) is 0 Å². The van der Waals surface area contributed by atoms with Gasteiger partial charge in [0, 0.05) is 10.5 Å². The third-order valence-corrected chi connectivity index (χ3v) is 3.78. The van der Waals surface area contributed by atoms with E-state index in [1.807, 2.05) is 55.5 Å². The van der Waals surface area contributed by atoms with Gasteiger partial charge in [0.1, 0.15) is 5.75 Å². The van der Waals surface area contributed by atoms with Crippen LogP contribution in [0, 0.1) is 6.92 Å². The Hall–Kier alpha value is -1.74. The fraction of sp³-hybridized carbons (Fsp3) is 0.188. The molecule has 0 fully saturated rings. The number of methoxy groups -OCH3 is 1. The highest BCUT2D eigenvalue weighted by molar-refractivity contribution is 8.00. The Balaban J connectivity index is 1.98. The zero-order valence-corrected chi connectivity index (χ0v) is 11.9. The van der Waals surface area contributed by atoms with Gasteiger partial charge in [-0.05, 0) is 25.1 Å². The number of rotatable bonds is 5. The van der Waals surface area contributed by atoms with Crippen LogP contribution in [0.25, 0.3) is 0 Å². The van der Waals surface area contributed by atoms with Gasteiger partial charge in [-0.3, -0.25) is 4.79 Å². The smallest absolute Gasteiger partial charge is 0.173 e. The van der Waals surface area contributed by atoms with Gasteiger partial charge < -0.3 is 4.74 Å². The number of thioether (sulfide) groups is 1. The molecule has 0 unspecified atom stereocenters. The lowest BCUT2D eigenvalue weighted by Gasteiger charge is -2.04. The van der Waals surface area contributed by atoms with Gasteiger partial charge in [0.15, 0.2) is 5.78 Å². The maximum Gasteiger partial charge on any atom is 0.173 e. The minimum atomic E-state index is 0.146. The molecule has 0 heterocycles. The molecule has 0 aliphatic heterocycles. The Morgan fingerprint density at radius 3 is 2.58 bits per heavy atom. The molecule has 0 aliphatic rings. The minimum absolute atomic E-state index is 0.146. The van der Waals surface area contributed by atoms with E-state index < -0.39 is 0 Å². The van der Waals surface area contributed by atoms with E-state index in [1.165, 1.54) is 11.8 Å². The number of hydrogen-bond acceptors (Lipinski definition) is 3. The van der Waals surface area contributed by atoms with Gasteiger partial charge in [0.25, 0.3) is 0 Å². The molecule has 98 valence electrons. The molecule has 0 radical (unpaired) electrons. The van der Waals surface area contributed by atoms with Crippen molar-refractivity contribution >= 4 is 17.5 Å². The SMILES string of the molecule is COc1cccc(SCC(=O)c2ccc(C)cc2)c1. The average Bonchev–Trinajstić information content (AvgIpc) is 2.46. The maximum atomic E-state index is 12.0. The molecule has 0 spiro atoms. The summed E-state index contributed by atoms with van der Waals surface area (Å²) >= 11 is 1.53. The summed E-state index contributed by atoms with van der Waals surface area (Å²) in [4.78, 5) is 13.1. The van der Waals surface area contributed by atoms with Crippen LogP contribution in [0.3, 0.4) is 0 Å². The summed E-state index contributed by atoms with van der Waals surface area (Å²) < 4.78 is 5.16. The Labute approximate surface area is 117 Å². The summed E-state index contributed by atoms with van der Waals surface area (Å²) in [5, 5.41) is 0. The Kier molecular flexibility index (Phi) is 4.63. The van der Waals surface area contributed by atoms with Gasteiger partial charge in [-0.1, -0.05) is 35.9 Å². The predicted molar refractivity (Wildman–Crippen MR) is 79.2 cm³/mol. The van der Waals surface area contributed by atoms with Crippen molar-refractivity contribution in [2.45, 2.75) is 11.8 Å². The van der Waals surface area contributed by atoms with Crippen molar-refractivity contribution in [3.63, 3.8) is 0 Å². The van der Waals surface area contributed by atoms with Gasteiger partial charge >= 0.3 is 0 Å². The van der Waals surface area contributed by atoms with E-state index in [4.69, 9.17) is 4.74 Å². The Morgan fingerprint density at radius 2 is 1.89 bits per heavy atom. The molecule has 2 nitrogen and oxygen atoms in total. The molecule has 0 saturated carbocycles. The topological polar surface area (TPSA) is 26.3 Å². The van der Waals surface area contributed by atoms with E-state index in [0.29, 0.717) is 5.75 Å². The van der Waals surface area contributed by atoms with E-state index in [1.54, 1.807) is 7.11 Å². The highest BCUT2D eigenvalue weighted by Crippen LogP contribution is 2.23. The Morgan fingerprint density at radius 1 is 1.16 bits per heavy atom. The molecule has 2 aromatic carbocycles. The van der Waals surface area contributed by atoms with Crippen LogP contribution < -0.4 is 4.74 Å². The molecule has 0 saturated heterocycles. The highest BCUT2D eigenvalue weighted by Gasteiger charge is 2.06. The molecular weight excluding hydrogens is 256 g/mol. The number of aryl methyl sites for hydroxylation is 1. The van der Waals surface area contributed by atoms with E-state index in [9.17, 15) is 4.79 Å². The lowest BCUT2D eigenvalue weighted by Crippen LogP contribution is -2.02. The van der Waals surface area contributed by atoms with Crippen molar-refractivity contribution in [1.29, 1.82) is 0 Å². The molecule has 0 amide bonds. The largest absolute Gasteiger partial charge is 0.497 e. The summed E-state index contributed by atoms with van der Waals surface area (Å²) in [7, 11) is 1.64. The summed E-state index contributed by atoms with van der Waals surface area (Å²) in [5.41, 5.74) is 1.93. The molecule has 0 aliphatic carbocycles. The van der Waals surface area contributed by atoms with Crippen molar-refractivity contribution < 1.29 is 9.53 Å². The van der Waals surface area contributed by atoms with Crippen LogP contribution in [0.5, 0.6) is 5.75 Å². The summed E-state index contributed by atoms with van der Waals surface area (Å²) in [5.74, 6) is 1.40. The van der Waals surface area contributed by atoms with Crippen LogP contribution in [0.4, 0.5) is 0 Å². The molecule has 0 N–H and O–H groups in total. The zero-order chi connectivity index (χ0) is 13.7. The van der Waals surface area contributed by atoms with Gasteiger partial charge in [0.2, 0.25) is 0 Å². The van der Waals surface area contributed by atoms with Crippen LogP contribution >= 0.6 is 11.8 Å². The van der Waals surface area contributed by atoms with Crippen molar-refractivity contribution in [3.05, 3.63) is 59.7 Å². The second-order valence-electron chi connectivity index (χ2n) is 4.26. The van der Waals surface area contributed by atoms with Gasteiger partial charge in [-0.15, -0.1) is 11.8 Å². The van der Waals surface area contributed by atoms with Crippen molar-refractivity contribution in [2.24, 2.45) is 0 Å². The Bertz CT molecular complexity index is 561. The number of carbonyl (C=O) groups excluding carboxylic acids is 1. The van der Waals surface area contributed by atoms with Gasteiger partial charge in [0.05, 0.1) is 12.9 Å². The quantitative estimate of drug-likeness (QED) is 0.608. The van der Waals surface area contributed by atoms with Crippen molar-refractivity contribution in [2.75, 3.05) is 12.9 Å². The molecule has 0 aromatic heterocycles. The standard InChI is InChI=1S/C16H16O2S/c1-12-6-8-13(9-7-12)16(17)11-19-15-5-3-4-14(10-15)18-2/h3-10H,11H2,1-2H3. The predicted octanol–water partition coefficient (Wildman–Crippen LogP) is 3.98. The monoisotopic (exact) mass is 272 g/mol. The lowest BCUT2D eigenvalue weighted by atomic mass is 10.1. The van der Waals surface area contributed by atoms with E-state index >= 15 is 0 Å². The molecule has 2 rings (SSSR count). The average molecular weight is 272 g/mol. The minimum Gasteiger partial charge on any atom is -0.497 e. The number of hydrogen-bond donors (Lipinski definition) is 0. The summed E-state index contributed by atoms with van der Waals surface area (Å²) in [6.45, 7) is 2.01. The first kappa shape index (κ1) is 13.7. The van der Waals surface area contributed by atoms with E-state index in [-0.39, 0.29) is 5.78 Å². The first-order valence-electron chi connectivity index (χ1n) is 6.06. The fourth-order valence-electron chi connectivity index (χ4n) is 1.66. The first-order chi connectivity index (χ1) is 9.19. The molecule has 0 bridgehead atoms. The molecule has 3 heteroatoms. The number of ether oxygens (including phenoxy) is 1. The highest BCUT2D eigenvalue weighted by atomic mass is 32.2. The third-order valence-electron chi connectivity index (χ3n) is 2.78. The normalized spacial score (nSPS) is 10.2. The number of carbonyl (C=O) groups is 1. The third kappa shape index (κ3) is 3.86. The molecular formula is C16H16O2S. The van der Waals surface area contributed by atoms with Crippen molar-refractivity contribution in [3.8, 4) is 5.75 Å². The van der Waals surface area contributed by atoms with Gasteiger partial charge in [-0.25, -0.2) is 0 Å². The number of Topliss-reactive ketones (excluding diaryl/α,β-unsaturated/α-hetero) is 1. The lowest BCUT2D eigenvalue weighted by molar-refractivity contribution is 0.102. The maximum absolute atomic E-state index is 12.0. The van der Waals surface area contributed by atoms with Crippen LogP contribution in [0.2, 0.25) is 0 Å². The van der Waals surface area contributed by atoms with Gasteiger partial charge in [-0.2, -0.15) is 0 Å². The fourth-order valence-corrected chi connectivity index (χ4v) is 2.50. The first-order valence-corrected chi connectivity index (χ1v) is 7.04. The van der Waals surface area contributed by atoms with Crippen LogP contribution in [-0.2, 0) is 0 Å². The van der Waals surface area contributed by atoms with Crippen LogP contribution in [0.15, 0.2) is 53.4 Å². The van der Waals surface area contributed by atoms with Crippen LogP contribution in [0.1, 0.15) is 15.9 Å². The second kappa shape index (κ2) is 6.43. The summed E-state index contributed by atoms with van der Waals surface area (Å²) in [6, 6.07) is 15.4. The molecule has 0 atom stereocenters. The molecule has 19 heavy (non-hydrogen) atoms. The number of ketones is 1. The second-order valence-corrected chi connectivity index (χ2v) is 5.31. The molecule has 2 aromatic rings. The van der Waals surface area contributed by atoms with Crippen LogP contribution in [-0.4, -0.2) is 18.6 Å². The van der Waals surface area contributed by atoms with E-state index in [2.05, 4.69) is 0 Å². The zero-order valence-electron chi connectivity index (χ0n) is 11.1. The summed E-state index contributed by atoms with van der Waals surface area (Å²) in [6.07, 6.45) is 0.